The van der Waals surface area contributed by atoms with Gasteiger partial charge in [0.15, 0.2) is 0 Å². The van der Waals surface area contributed by atoms with Gasteiger partial charge in [0.05, 0.1) is 5.69 Å². The molecule has 0 saturated carbocycles. The van der Waals surface area contributed by atoms with Gasteiger partial charge in [0.1, 0.15) is 12.4 Å². The van der Waals surface area contributed by atoms with E-state index in [0.29, 0.717) is 16.8 Å². The summed E-state index contributed by atoms with van der Waals surface area (Å²) in [5, 5.41) is 6.89. The number of nitrogens with zero attached hydrogens (tertiary/aromatic N) is 4. The molecular weight excluding hydrogens is 361 g/mol. The summed E-state index contributed by atoms with van der Waals surface area (Å²) in [6.07, 6.45) is 3.00. The molecule has 2 heterocycles. The number of hydrogen-bond acceptors (Lipinski definition) is 5. The lowest BCUT2D eigenvalue weighted by molar-refractivity contribution is -0.117. The predicted molar refractivity (Wildman–Crippen MR) is 103 cm³/mol. The molecule has 2 aromatic heterocycles. The van der Waals surface area contributed by atoms with Crippen LogP contribution in [0.15, 0.2) is 47.5 Å². The van der Waals surface area contributed by atoms with E-state index in [1.807, 2.05) is 13.8 Å². The Hall–Kier alpha value is -3.42. The van der Waals surface area contributed by atoms with Crippen LogP contribution in [0.5, 0.6) is 0 Å². The Morgan fingerprint density at radius 3 is 2.54 bits per heavy atom. The average molecular weight is 381 g/mol. The molecule has 0 aliphatic rings. The van der Waals surface area contributed by atoms with E-state index in [0.717, 1.165) is 10.2 Å². The largest absolute Gasteiger partial charge is 0.293 e. The van der Waals surface area contributed by atoms with Crippen molar-refractivity contribution in [2.75, 3.05) is 5.32 Å². The maximum atomic E-state index is 13.8. The Bertz CT molecular complexity index is 1040. The summed E-state index contributed by atoms with van der Waals surface area (Å²) in [4.78, 5) is 32.6. The highest BCUT2D eigenvalue weighted by molar-refractivity contribution is 5.88. The third-order valence-electron chi connectivity index (χ3n) is 4.04. The molecule has 1 amide bonds. The number of rotatable bonds is 5. The van der Waals surface area contributed by atoms with Crippen molar-refractivity contribution in [1.29, 1.82) is 0 Å². The zero-order chi connectivity index (χ0) is 20.3. The van der Waals surface area contributed by atoms with Crippen LogP contribution in [-0.4, -0.2) is 25.7 Å². The number of aryl methyl sites for hydroxylation is 1. The van der Waals surface area contributed by atoms with Gasteiger partial charge in [-0.2, -0.15) is 5.10 Å². The maximum Gasteiger partial charge on any atom is 0.267 e. The molecule has 0 unspecified atom stereocenters. The minimum Gasteiger partial charge on any atom is -0.293 e. The van der Waals surface area contributed by atoms with Crippen molar-refractivity contribution >= 4 is 11.9 Å². The van der Waals surface area contributed by atoms with E-state index in [1.165, 1.54) is 30.6 Å². The van der Waals surface area contributed by atoms with E-state index < -0.39 is 11.5 Å². The van der Waals surface area contributed by atoms with Gasteiger partial charge in [-0.3, -0.25) is 14.9 Å². The zero-order valence-electron chi connectivity index (χ0n) is 15.8. The Morgan fingerprint density at radius 1 is 1.18 bits per heavy atom. The van der Waals surface area contributed by atoms with Crippen LogP contribution in [0.1, 0.15) is 31.0 Å². The predicted octanol–water partition coefficient (Wildman–Crippen LogP) is 2.91. The lowest BCUT2D eigenvalue weighted by Gasteiger charge is -2.15. The summed E-state index contributed by atoms with van der Waals surface area (Å²) in [7, 11) is 0. The Labute approximate surface area is 161 Å². The minimum atomic E-state index is -0.468. The van der Waals surface area contributed by atoms with Gasteiger partial charge in [-0.25, -0.2) is 19.0 Å². The molecule has 7 nitrogen and oxygen atoms in total. The first-order valence-corrected chi connectivity index (χ1v) is 8.80. The fraction of sp³-hybridized carbons (Fsp3) is 0.250. The van der Waals surface area contributed by atoms with Crippen molar-refractivity contribution in [3.05, 3.63) is 70.2 Å². The summed E-state index contributed by atoms with van der Waals surface area (Å²) in [6, 6.07) is 7.61. The van der Waals surface area contributed by atoms with Gasteiger partial charge in [-0.05, 0) is 42.2 Å². The van der Waals surface area contributed by atoms with E-state index in [2.05, 4.69) is 20.4 Å². The van der Waals surface area contributed by atoms with E-state index in [-0.39, 0.29) is 24.2 Å². The van der Waals surface area contributed by atoms with Gasteiger partial charge in [-0.1, -0.05) is 19.9 Å². The number of aromatic nitrogens is 4. The summed E-state index contributed by atoms with van der Waals surface area (Å²) in [5.41, 5.74) is 2.04. The number of carbonyl (C=O) groups is 1. The fourth-order valence-electron chi connectivity index (χ4n) is 2.83. The molecule has 28 heavy (non-hydrogen) atoms. The standard InChI is InChI=1S/C20H20FN5O2/c1-12(2)19-16(14-7-13(3)8-15(21)9-14)10-18(28)26(25-19)11-17(27)24-20-22-5-4-6-23-20/h4-10,12H,11H2,1-3H3,(H,22,23,24,27). The van der Waals surface area contributed by atoms with E-state index in [9.17, 15) is 14.0 Å². The SMILES string of the molecule is Cc1cc(F)cc(-c2cc(=O)n(CC(=O)Nc3ncccn3)nc2C(C)C)c1. The third kappa shape index (κ3) is 4.46. The molecule has 0 saturated heterocycles. The Balaban J connectivity index is 1.95. The number of carbonyl (C=O) groups excluding carboxylic acids is 1. The lowest BCUT2D eigenvalue weighted by Crippen LogP contribution is -2.31. The van der Waals surface area contributed by atoms with Gasteiger partial charge in [0.2, 0.25) is 11.9 Å². The molecule has 1 N–H and O–H groups in total. The molecule has 0 fully saturated rings. The summed E-state index contributed by atoms with van der Waals surface area (Å²) in [5.74, 6) is -0.733. The smallest absolute Gasteiger partial charge is 0.267 e. The molecule has 144 valence electrons. The highest BCUT2D eigenvalue weighted by atomic mass is 19.1. The number of benzene rings is 1. The van der Waals surface area contributed by atoms with Crippen LogP contribution < -0.4 is 10.9 Å². The molecule has 8 heteroatoms. The lowest BCUT2D eigenvalue weighted by atomic mass is 9.97. The fourth-order valence-corrected chi connectivity index (χ4v) is 2.83. The molecule has 0 radical (unpaired) electrons. The van der Waals surface area contributed by atoms with Gasteiger partial charge in [0.25, 0.3) is 5.56 Å². The van der Waals surface area contributed by atoms with Crippen LogP contribution in [0.3, 0.4) is 0 Å². The van der Waals surface area contributed by atoms with E-state index >= 15 is 0 Å². The molecule has 0 atom stereocenters. The van der Waals surface area contributed by atoms with E-state index in [4.69, 9.17) is 0 Å². The van der Waals surface area contributed by atoms with E-state index in [1.54, 1.807) is 19.1 Å². The Morgan fingerprint density at radius 2 is 1.89 bits per heavy atom. The highest BCUT2D eigenvalue weighted by Gasteiger charge is 2.16. The molecule has 0 aliphatic carbocycles. The third-order valence-corrected chi connectivity index (χ3v) is 4.04. The molecule has 0 aliphatic heterocycles. The number of anilines is 1. The van der Waals surface area contributed by atoms with Crippen LogP contribution in [0.2, 0.25) is 0 Å². The zero-order valence-corrected chi connectivity index (χ0v) is 15.8. The first kappa shape index (κ1) is 19.3. The van der Waals surface area contributed by atoms with Crippen LogP contribution in [0.4, 0.5) is 10.3 Å². The van der Waals surface area contributed by atoms with Crippen molar-refractivity contribution in [2.24, 2.45) is 0 Å². The van der Waals surface area contributed by atoms with Crippen molar-refractivity contribution in [2.45, 2.75) is 33.2 Å². The second-order valence-electron chi connectivity index (χ2n) is 6.73. The average Bonchev–Trinajstić information content (AvgIpc) is 2.63. The summed E-state index contributed by atoms with van der Waals surface area (Å²) < 4.78 is 14.9. The molecule has 0 spiro atoms. The number of amides is 1. The monoisotopic (exact) mass is 381 g/mol. The molecule has 3 rings (SSSR count). The molecular formula is C20H20FN5O2. The second kappa shape index (κ2) is 8.08. The van der Waals surface area contributed by atoms with Crippen molar-refractivity contribution < 1.29 is 9.18 Å². The number of nitrogens with one attached hydrogen (secondary N) is 1. The van der Waals surface area contributed by atoms with Gasteiger partial charge < -0.3 is 0 Å². The van der Waals surface area contributed by atoms with Crippen LogP contribution in [0, 0.1) is 12.7 Å². The van der Waals surface area contributed by atoms with Crippen molar-refractivity contribution in [3.8, 4) is 11.1 Å². The number of hydrogen-bond donors (Lipinski definition) is 1. The summed E-state index contributed by atoms with van der Waals surface area (Å²) >= 11 is 0. The van der Waals surface area contributed by atoms with Crippen molar-refractivity contribution in [3.63, 3.8) is 0 Å². The maximum absolute atomic E-state index is 13.8. The molecule has 3 aromatic rings. The summed E-state index contributed by atoms with van der Waals surface area (Å²) in [6.45, 7) is 5.35. The highest BCUT2D eigenvalue weighted by Crippen LogP contribution is 2.27. The normalized spacial score (nSPS) is 10.9. The van der Waals surface area contributed by atoms with Crippen LogP contribution >= 0.6 is 0 Å². The topological polar surface area (TPSA) is 89.8 Å². The second-order valence-corrected chi connectivity index (χ2v) is 6.73. The number of halogens is 1. The minimum absolute atomic E-state index is 0.0362. The first-order chi connectivity index (χ1) is 13.3. The Kier molecular flexibility index (Phi) is 5.58. The van der Waals surface area contributed by atoms with Gasteiger partial charge in [-0.15, -0.1) is 0 Å². The quantitative estimate of drug-likeness (QED) is 0.734. The first-order valence-electron chi connectivity index (χ1n) is 8.80. The van der Waals surface area contributed by atoms with Gasteiger partial charge in [0, 0.05) is 24.0 Å². The van der Waals surface area contributed by atoms with Gasteiger partial charge >= 0.3 is 0 Å². The molecule has 1 aromatic carbocycles. The van der Waals surface area contributed by atoms with Crippen molar-refractivity contribution in [1.82, 2.24) is 19.7 Å². The van der Waals surface area contributed by atoms with Crippen LogP contribution in [0.25, 0.3) is 11.1 Å². The molecule has 0 bridgehead atoms. The van der Waals surface area contributed by atoms with Crippen LogP contribution in [-0.2, 0) is 11.3 Å².